The molecule has 0 saturated heterocycles. The van der Waals surface area contributed by atoms with Gasteiger partial charge in [0.15, 0.2) is 4.77 Å². The van der Waals surface area contributed by atoms with Crippen molar-refractivity contribution in [2.45, 2.75) is 13.0 Å². The Morgan fingerprint density at radius 1 is 1.29 bits per heavy atom. The number of imidazole rings is 1. The van der Waals surface area contributed by atoms with Gasteiger partial charge in [-0.25, -0.2) is 0 Å². The Bertz CT molecular complexity index is 917. The lowest BCUT2D eigenvalue weighted by atomic mass is 10.1. The van der Waals surface area contributed by atoms with Crippen molar-refractivity contribution in [3.63, 3.8) is 0 Å². The molecular formula is C16H12ClN3S. The fourth-order valence-corrected chi connectivity index (χ4v) is 3.19. The van der Waals surface area contributed by atoms with E-state index in [9.17, 15) is 0 Å². The summed E-state index contributed by atoms with van der Waals surface area (Å²) in [7, 11) is 0. The minimum Gasteiger partial charge on any atom is -0.331 e. The molecule has 0 bridgehead atoms. The molecule has 5 heteroatoms. The molecule has 0 aliphatic heterocycles. The second-order valence-corrected chi connectivity index (χ2v) is 5.64. The molecule has 3 aromatic rings. The molecule has 0 spiro atoms. The molecule has 104 valence electrons. The van der Waals surface area contributed by atoms with Crippen LogP contribution in [0.2, 0.25) is 5.02 Å². The average molecular weight is 314 g/mol. The topological polar surface area (TPSA) is 44.5 Å². The van der Waals surface area contributed by atoms with Crippen LogP contribution in [-0.2, 0) is 0 Å². The van der Waals surface area contributed by atoms with Gasteiger partial charge in [-0.1, -0.05) is 29.8 Å². The maximum atomic E-state index is 9.08. The number of rotatable bonds is 2. The second-order valence-electron chi connectivity index (χ2n) is 4.84. The van der Waals surface area contributed by atoms with Crippen LogP contribution < -0.4 is 0 Å². The molecule has 1 aromatic heterocycles. The predicted molar refractivity (Wildman–Crippen MR) is 87.1 cm³/mol. The third kappa shape index (κ3) is 2.35. The molecule has 1 N–H and O–H groups in total. The van der Waals surface area contributed by atoms with Crippen LogP contribution in [0.15, 0.2) is 42.5 Å². The number of halogens is 1. The van der Waals surface area contributed by atoms with Gasteiger partial charge < -0.3 is 9.55 Å². The van der Waals surface area contributed by atoms with E-state index < -0.39 is 0 Å². The van der Waals surface area contributed by atoms with Gasteiger partial charge in [0.05, 0.1) is 28.7 Å². The standard InChI is InChI=1S/C16H12ClN3S/c1-10(12-4-2-3-5-13(12)17)20-15-8-11(9-18)6-7-14(15)19-16(20)21/h2-8,10H,1H3,(H,19,21). The summed E-state index contributed by atoms with van der Waals surface area (Å²) in [5.41, 5.74) is 3.43. The minimum atomic E-state index is -0.0195. The number of fused-ring (bicyclic) bond motifs is 1. The Hall–Kier alpha value is -2.09. The number of hydrogen-bond acceptors (Lipinski definition) is 2. The van der Waals surface area contributed by atoms with Gasteiger partial charge in [0, 0.05) is 5.02 Å². The van der Waals surface area contributed by atoms with Crippen LogP contribution in [0.1, 0.15) is 24.1 Å². The molecule has 0 aliphatic rings. The summed E-state index contributed by atoms with van der Waals surface area (Å²) in [5, 5.41) is 9.78. The third-order valence-electron chi connectivity index (χ3n) is 3.59. The van der Waals surface area contributed by atoms with E-state index in [2.05, 4.69) is 11.1 Å². The molecule has 0 saturated carbocycles. The number of benzene rings is 2. The third-order valence-corrected chi connectivity index (χ3v) is 4.23. The van der Waals surface area contributed by atoms with Crippen molar-refractivity contribution in [2.24, 2.45) is 0 Å². The summed E-state index contributed by atoms with van der Waals surface area (Å²) in [6.07, 6.45) is 0. The number of nitrogens with zero attached hydrogens (tertiary/aromatic N) is 2. The SMILES string of the molecule is CC(c1ccccc1Cl)n1c(=S)[nH]c2ccc(C#N)cc21. The molecular weight excluding hydrogens is 302 g/mol. The van der Waals surface area contributed by atoms with E-state index in [1.54, 1.807) is 6.07 Å². The first-order chi connectivity index (χ1) is 10.1. The molecule has 21 heavy (non-hydrogen) atoms. The second kappa shape index (κ2) is 5.36. The van der Waals surface area contributed by atoms with Gasteiger partial charge in [-0.15, -0.1) is 0 Å². The van der Waals surface area contributed by atoms with Crippen LogP contribution in [0.4, 0.5) is 0 Å². The number of nitrogens with one attached hydrogen (secondary N) is 1. The van der Waals surface area contributed by atoms with Crippen molar-refractivity contribution in [1.82, 2.24) is 9.55 Å². The van der Waals surface area contributed by atoms with E-state index in [4.69, 9.17) is 29.1 Å². The number of hydrogen-bond donors (Lipinski definition) is 1. The van der Waals surface area contributed by atoms with Crippen LogP contribution in [0.25, 0.3) is 11.0 Å². The van der Waals surface area contributed by atoms with Crippen LogP contribution in [-0.4, -0.2) is 9.55 Å². The number of H-pyrrole nitrogens is 1. The zero-order chi connectivity index (χ0) is 15.0. The largest absolute Gasteiger partial charge is 0.331 e. The highest BCUT2D eigenvalue weighted by molar-refractivity contribution is 7.71. The normalized spacial score (nSPS) is 12.2. The van der Waals surface area contributed by atoms with Gasteiger partial charge in [-0.05, 0) is 49.0 Å². The van der Waals surface area contributed by atoms with Gasteiger partial charge >= 0.3 is 0 Å². The molecule has 1 atom stereocenters. The molecule has 0 aliphatic carbocycles. The Labute approximate surface area is 132 Å². The summed E-state index contributed by atoms with van der Waals surface area (Å²) in [6, 6.07) is 15.3. The van der Waals surface area contributed by atoms with E-state index in [0.29, 0.717) is 15.4 Å². The zero-order valence-corrected chi connectivity index (χ0v) is 12.9. The maximum absolute atomic E-state index is 9.08. The molecule has 1 unspecified atom stereocenters. The highest BCUT2D eigenvalue weighted by atomic mass is 35.5. The lowest BCUT2D eigenvalue weighted by Crippen LogP contribution is -2.07. The smallest absolute Gasteiger partial charge is 0.178 e. The van der Waals surface area contributed by atoms with Crippen molar-refractivity contribution in [1.29, 1.82) is 5.26 Å². The summed E-state index contributed by atoms with van der Waals surface area (Å²) in [5.74, 6) is 0. The Kier molecular flexibility index (Phi) is 3.54. The monoisotopic (exact) mass is 313 g/mol. The Balaban J connectivity index is 2.25. The first kappa shape index (κ1) is 13.9. The summed E-state index contributed by atoms with van der Waals surface area (Å²) >= 11 is 11.7. The van der Waals surface area contributed by atoms with E-state index in [-0.39, 0.29) is 6.04 Å². The van der Waals surface area contributed by atoms with Gasteiger partial charge in [0.25, 0.3) is 0 Å². The first-order valence-electron chi connectivity index (χ1n) is 6.50. The van der Waals surface area contributed by atoms with E-state index in [0.717, 1.165) is 16.6 Å². The predicted octanol–water partition coefficient (Wildman–Crippen LogP) is 4.83. The van der Waals surface area contributed by atoms with E-state index in [1.165, 1.54) is 0 Å². The molecule has 0 fully saturated rings. The van der Waals surface area contributed by atoms with Gasteiger partial charge in [-0.2, -0.15) is 5.26 Å². The van der Waals surface area contributed by atoms with Crippen molar-refractivity contribution in [3.8, 4) is 6.07 Å². The van der Waals surface area contributed by atoms with Crippen molar-refractivity contribution < 1.29 is 0 Å². The molecule has 3 rings (SSSR count). The van der Waals surface area contributed by atoms with Crippen molar-refractivity contribution >= 4 is 34.9 Å². The number of nitriles is 1. The zero-order valence-electron chi connectivity index (χ0n) is 11.3. The van der Waals surface area contributed by atoms with E-state index in [1.807, 2.05) is 47.9 Å². The van der Waals surface area contributed by atoms with Crippen molar-refractivity contribution in [2.75, 3.05) is 0 Å². The summed E-state index contributed by atoms with van der Waals surface area (Å²) < 4.78 is 2.61. The van der Waals surface area contributed by atoms with Crippen LogP contribution in [0.3, 0.4) is 0 Å². The first-order valence-corrected chi connectivity index (χ1v) is 7.29. The minimum absolute atomic E-state index is 0.0195. The Morgan fingerprint density at radius 3 is 2.76 bits per heavy atom. The van der Waals surface area contributed by atoms with Crippen molar-refractivity contribution in [3.05, 3.63) is 63.4 Å². The fourth-order valence-electron chi connectivity index (χ4n) is 2.53. The molecule has 2 aromatic carbocycles. The molecule has 0 amide bonds. The Morgan fingerprint density at radius 2 is 2.05 bits per heavy atom. The van der Waals surface area contributed by atoms with Crippen LogP contribution in [0.5, 0.6) is 0 Å². The van der Waals surface area contributed by atoms with Crippen LogP contribution >= 0.6 is 23.8 Å². The highest BCUT2D eigenvalue weighted by Crippen LogP contribution is 2.29. The maximum Gasteiger partial charge on any atom is 0.178 e. The molecule has 3 nitrogen and oxygen atoms in total. The lowest BCUT2D eigenvalue weighted by Gasteiger charge is -2.16. The number of aromatic nitrogens is 2. The number of aromatic amines is 1. The lowest BCUT2D eigenvalue weighted by molar-refractivity contribution is 0.649. The van der Waals surface area contributed by atoms with Gasteiger partial charge in [0.2, 0.25) is 0 Å². The highest BCUT2D eigenvalue weighted by Gasteiger charge is 2.15. The molecule has 0 radical (unpaired) electrons. The van der Waals surface area contributed by atoms with Gasteiger partial charge in [-0.3, -0.25) is 0 Å². The average Bonchev–Trinajstić information content (AvgIpc) is 2.81. The summed E-state index contributed by atoms with van der Waals surface area (Å²) in [4.78, 5) is 3.17. The van der Waals surface area contributed by atoms with Crippen LogP contribution in [0, 0.1) is 16.1 Å². The molecule has 1 heterocycles. The fraction of sp³-hybridized carbons (Fsp3) is 0.125. The quantitative estimate of drug-likeness (QED) is 0.688. The summed E-state index contributed by atoms with van der Waals surface area (Å²) in [6.45, 7) is 2.04. The van der Waals surface area contributed by atoms with Gasteiger partial charge in [0.1, 0.15) is 0 Å². The van der Waals surface area contributed by atoms with E-state index >= 15 is 0 Å².